The third-order valence-electron chi connectivity index (χ3n) is 5.80. The van der Waals surface area contributed by atoms with Crippen LogP contribution in [0.1, 0.15) is 22.8 Å². The summed E-state index contributed by atoms with van der Waals surface area (Å²) in [6.45, 7) is 6.09. The molecule has 1 aliphatic rings. The Balaban J connectivity index is 1.36. The van der Waals surface area contributed by atoms with Crippen LogP contribution in [-0.2, 0) is 11.3 Å². The lowest BCUT2D eigenvalue weighted by atomic mass is 10.1. The Bertz CT molecular complexity index is 1180. The van der Waals surface area contributed by atoms with Crippen molar-refractivity contribution >= 4 is 17.4 Å². The number of nitrogens with zero attached hydrogens (tertiary/aromatic N) is 4. The van der Waals surface area contributed by atoms with E-state index < -0.39 is 0 Å². The number of hydrogen-bond donors (Lipinski definition) is 0. The molecule has 0 atom stereocenters. The van der Waals surface area contributed by atoms with E-state index in [-0.39, 0.29) is 23.8 Å². The average molecular weight is 431 g/mol. The average Bonchev–Trinajstić information content (AvgIpc) is 2.81. The zero-order valence-electron chi connectivity index (χ0n) is 18.3. The molecule has 7 heteroatoms. The fraction of sp³-hybridized carbons (Fsp3) is 0.280. The van der Waals surface area contributed by atoms with Gasteiger partial charge in [0.25, 0.3) is 5.56 Å². The standard InChI is InChI=1S/C25H26N4O3/c1-18-3-5-21(6-4-18)23-15-24(31)29(17-26-23)16-25(32)28-13-11-27(12-14-28)22-9-7-20(8-10-22)19(2)30/h3-10,15,17H,11-14,16H2,1-2H3. The van der Waals surface area contributed by atoms with Gasteiger partial charge in [-0.3, -0.25) is 19.0 Å². The second-order valence-corrected chi connectivity index (χ2v) is 8.08. The van der Waals surface area contributed by atoms with E-state index in [9.17, 15) is 14.4 Å². The highest BCUT2D eigenvalue weighted by atomic mass is 16.2. The summed E-state index contributed by atoms with van der Waals surface area (Å²) < 4.78 is 1.35. The van der Waals surface area contributed by atoms with Crippen molar-refractivity contribution in [1.29, 1.82) is 0 Å². The largest absolute Gasteiger partial charge is 0.368 e. The van der Waals surface area contributed by atoms with Crippen molar-refractivity contribution in [2.24, 2.45) is 0 Å². The van der Waals surface area contributed by atoms with E-state index >= 15 is 0 Å². The minimum absolute atomic E-state index is 0.0205. The van der Waals surface area contributed by atoms with Crippen LogP contribution in [0, 0.1) is 6.92 Å². The third kappa shape index (κ3) is 4.77. The first kappa shape index (κ1) is 21.5. The van der Waals surface area contributed by atoms with Crippen LogP contribution in [0.5, 0.6) is 0 Å². The van der Waals surface area contributed by atoms with E-state index in [0.29, 0.717) is 37.4 Å². The maximum absolute atomic E-state index is 12.8. The number of carbonyl (C=O) groups excluding carboxylic acids is 2. The maximum Gasteiger partial charge on any atom is 0.254 e. The van der Waals surface area contributed by atoms with Crippen molar-refractivity contribution in [3.8, 4) is 11.3 Å². The molecule has 1 aliphatic heterocycles. The smallest absolute Gasteiger partial charge is 0.254 e. The van der Waals surface area contributed by atoms with Gasteiger partial charge in [0.15, 0.2) is 5.78 Å². The summed E-state index contributed by atoms with van der Waals surface area (Å²) in [6.07, 6.45) is 1.45. The van der Waals surface area contributed by atoms with Gasteiger partial charge < -0.3 is 9.80 Å². The minimum Gasteiger partial charge on any atom is -0.368 e. The van der Waals surface area contributed by atoms with E-state index in [1.807, 2.05) is 55.5 Å². The number of carbonyl (C=O) groups is 2. The van der Waals surface area contributed by atoms with Crippen LogP contribution in [0.25, 0.3) is 11.3 Å². The molecule has 0 N–H and O–H groups in total. The predicted molar refractivity (Wildman–Crippen MR) is 124 cm³/mol. The van der Waals surface area contributed by atoms with E-state index in [1.54, 1.807) is 11.8 Å². The Labute approximate surface area is 186 Å². The summed E-state index contributed by atoms with van der Waals surface area (Å²) in [5, 5.41) is 0. The zero-order chi connectivity index (χ0) is 22.7. The molecular formula is C25H26N4O3. The summed E-state index contributed by atoms with van der Waals surface area (Å²) in [5.74, 6) is -0.0489. The number of rotatable bonds is 5. The number of hydrogen-bond acceptors (Lipinski definition) is 5. The minimum atomic E-state index is -0.242. The van der Waals surface area contributed by atoms with Gasteiger partial charge in [-0.1, -0.05) is 29.8 Å². The number of aryl methyl sites for hydroxylation is 1. The van der Waals surface area contributed by atoms with Gasteiger partial charge >= 0.3 is 0 Å². The molecule has 0 aliphatic carbocycles. The Hall–Kier alpha value is -3.74. The van der Waals surface area contributed by atoms with Crippen molar-refractivity contribution in [2.45, 2.75) is 20.4 Å². The first-order valence-electron chi connectivity index (χ1n) is 10.7. The second-order valence-electron chi connectivity index (χ2n) is 8.08. The molecule has 1 aromatic heterocycles. The summed E-state index contributed by atoms with van der Waals surface area (Å²) in [7, 11) is 0. The quantitative estimate of drug-likeness (QED) is 0.582. The van der Waals surface area contributed by atoms with Crippen molar-refractivity contribution in [3.63, 3.8) is 0 Å². The summed E-state index contributed by atoms with van der Waals surface area (Å²) in [4.78, 5) is 45.1. The zero-order valence-corrected chi connectivity index (χ0v) is 18.3. The van der Waals surface area contributed by atoms with Crippen molar-refractivity contribution in [2.75, 3.05) is 31.1 Å². The molecule has 1 fully saturated rings. The molecule has 32 heavy (non-hydrogen) atoms. The molecule has 1 saturated heterocycles. The highest BCUT2D eigenvalue weighted by Crippen LogP contribution is 2.18. The van der Waals surface area contributed by atoms with Gasteiger partial charge in [0.05, 0.1) is 12.0 Å². The van der Waals surface area contributed by atoms with E-state index in [2.05, 4.69) is 9.88 Å². The van der Waals surface area contributed by atoms with Crippen LogP contribution in [-0.4, -0.2) is 52.3 Å². The Kier molecular flexibility index (Phi) is 6.16. The van der Waals surface area contributed by atoms with Gasteiger partial charge in [-0.05, 0) is 38.1 Å². The van der Waals surface area contributed by atoms with Gasteiger partial charge in [0.2, 0.25) is 5.91 Å². The van der Waals surface area contributed by atoms with E-state index in [4.69, 9.17) is 0 Å². The molecule has 164 valence electrons. The van der Waals surface area contributed by atoms with Gasteiger partial charge in [-0.15, -0.1) is 0 Å². The maximum atomic E-state index is 12.8. The number of benzene rings is 2. The molecule has 0 radical (unpaired) electrons. The normalized spacial score (nSPS) is 13.8. The summed E-state index contributed by atoms with van der Waals surface area (Å²) in [5.41, 5.74) is 4.10. The highest BCUT2D eigenvalue weighted by Gasteiger charge is 2.22. The Morgan fingerprint density at radius 3 is 2.19 bits per heavy atom. The lowest BCUT2D eigenvalue weighted by molar-refractivity contribution is -0.132. The first-order chi connectivity index (χ1) is 15.4. The summed E-state index contributed by atoms with van der Waals surface area (Å²) in [6, 6.07) is 16.8. The number of ketones is 1. The Morgan fingerprint density at radius 2 is 1.59 bits per heavy atom. The van der Waals surface area contributed by atoms with Crippen LogP contribution in [0.15, 0.2) is 65.7 Å². The van der Waals surface area contributed by atoms with Crippen molar-refractivity contribution < 1.29 is 9.59 Å². The number of Topliss-reactive ketones (excluding diaryl/α,β-unsaturated/α-hetero) is 1. The van der Waals surface area contributed by atoms with Crippen LogP contribution in [0.3, 0.4) is 0 Å². The van der Waals surface area contributed by atoms with E-state index in [1.165, 1.54) is 17.0 Å². The van der Waals surface area contributed by atoms with Gasteiger partial charge in [-0.2, -0.15) is 0 Å². The van der Waals surface area contributed by atoms with Gasteiger partial charge in [-0.25, -0.2) is 4.98 Å². The van der Waals surface area contributed by atoms with E-state index in [0.717, 1.165) is 16.8 Å². The number of anilines is 1. The van der Waals surface area contributed by atoms with Gasteiger partial charge in [0, 0.05) is 49.1 Å². The highest BCUT2D eigenvalue weighted by molar-refractivity contribution is 5.94. The third-order valence-corrected chi connectivity index (χ3v) is 5.80. The lowest BCUT2D eigenvalue weighted by Gasteiger charge is -2.36. The SMILES string of the molecule is CC(=O)c1ccc(N2CCN(C(=O)Cn3cnc(-c4ccc(C)cc4)cc3=O)CC2)cc1. The monoisotopic (exact) mass is 430 g/mol. The second kappa shape index (κ2) is 9.18. The molecule has 3 aromatic rings. The van der Waals surface area contributed by atoms with Gasteiger partial charge in [0.1, 0.15) is 6.54 Å². The summed E-state index contributed by atoms with van der Waals surface area (Å²) >= 11 is 0. The molecular weight excluding hydrogens is 404 g/mol. The molecule has 2 heterocycles. The molecule has 7 nitrogen and oxygen atoms in total. The fourth-order valence-electron chi connectivity index (χ4n) is 3.79. The molecule has 2 aromatic carbocycles. The number of piperazine rings is 1. The predicted octanol–water partition coefficient (Wildman–Crippen LogP) is 2.77. The van der Waals surface area contributed by atoms with Crippen LogP contribution < -0.4 is 10.5 Å². The molecule has 0 unspecified atom stereocenters. The van der Waals surface area contributed by atoms with Crippen LogP contribution in [0.2, 0.25) is 0 Å². The first-order valence-corrected chi connectivity index (χ1v) is 10.7. The fourth-order valence-corrected chi connectivity index (χ4v) is 3.79. The van der Waals surface area contributed by atoms with Crippen molar-refractivity contribution in [1.82, 2.24) is 14.5 Å². The molecule has 0 spiro atoms. The Morgan fingerprint density at radius 1 is 0.938 bits per heavy atom. The van der Waals surface area contributed by atoms with Crippen LogP contribution in [0.4, 0.5) is 5.69 Å². The molecule has 0 bridgehead atoms. The molecule has 4 rings (SSSR count). The lowest BCUT2D eigenvalue weighted by Crippen LogP contribution is -2.50. The number of amides is 1. The molecule has 0 saturated carbocycles. The van der Waals surface area contributed by atoms with Crippen LogP contribution >= 0.6 is 0 Å². The molecule has 1 amide bonds. The topological polar surface area (TPSA) is 75.5 Å². The van der Waals surface area contributed by atoms with Crippen molar-refractivity contribution in [3.05, 3.63) is 82.4 Å². The number of aromatic nitrogens is 2.